The number of ether oxygens (including phenoxy) is 1. The second-order valence-electron chi connectivity index (χ2n) is 4.29. The fourth-order valence-corrected chi connectivity index (χ4v) is 2.16. The topological polar surface area (TPSA) is 35.2 Å². The zero-order valence-electron chi connectivity index (χ0n) is 9.33. The largest absolute Gasteiger partial charge is 0.494 e. The fraction of sp³-hybridized carbons (Fsp3) is 0.538. The number of hydrogen-bond donors (Lipinski definition) is 1. The van der Waals surface area contributed by atoms with Crippen LogP contribution in [-0.4, -0.2) is 13.2 Å². The van der Waals surface area contributed by atoms with Gasteiger partial charge in [0.05, 0.1) is 6.61 Å². The zero-order chi connectivity index (χ0) is 10.7. The van der Waals surface area contributed by atoms with Gasteiger partial charge in [-0.1, -0.05) is 13.0 Å². The van der Waals surface area contributed by atoms with Crippen LogP contribution < -0.4 is 10.5 Å². The van der Waals surface area contributed by atoms with E-state index in [1.54, 1.807) is 0 Å². The number of rotatable bonds is 4. The molecular weight excluding hydrogens is 186 g/mol. The molecule has 2 heteroatoms. The molecule has 2 nitrogen and oxygen atoms in total. The van der Waals surface area contributed by atoms with Crippen LogP contribution >= 0.6 is 0 Å². The fourth-order valence-electron chi connectivity index (χ4n) is 2.16. The van der Waals surface area contributed by atoms with Crippen LogP contribution in [0, 0.1) is 5.92 Å². The highest BCUT2D eigenvalue weighted by atomic mass is 16.5. The summed E-state index contributed by atoms with van der Waals surface area (Å²) in [6, 6.07) is 6.45. The number of benzene rings is 1. The molecule has 0 amide bonds. The first-order valence-corrected chi connectivity index (χ1v) is 5.78. The summed E-state index contributed by atoms with van der Waals surface area (Å²) < 4.78 is 5.62. The molecule has 0 fully saturated rings. The van der Waals surface area contributed by atoms with Gasteiger partial charge in [-0.2, -0.15) is 0 Å². The Morgan fingerprint density at radius 1 is 1.33 bits per heavy atom. The molecule has 1 aromatic rings. The van der Waals surface area contributed by atoms with Crippen molar-refractivity contribution < 1.29 is 4.74 Å². The first-order valence-electron chi connectivity index (χ1n) is 5.78. The van der Waals surface area contributed by atoms with E-state index < -0.39 is 0 Å². The van der Waals surface area contributed by atoms with Crippen molar-refractivity contribution >= 4 is 0 Å². The minimum absolute atomic E-state index is 0.640. The Balaban J connectivity index is 2.08. The van der Waals surface area contributed by atoms with Crippen LogP contribution in [0.1, 0.15) is 24.5 Å². The molecule has 0 radical (unpaired) electrons. The Labute approximate surface area is 91.4 Å². The van der Waals surface area contributed by atoms with Gasteiger partial charge in [0, 0.05) is 0 Å². The van der Waals surface area contributed by atoms with Gasteiger partial charge in [0.2, 0.25) is 0 Å². The van der Waals surface area contributed by atoms with Gasteiger partial charge in [0.1, 0.15) is 5.75 Å². The van der Waals surface area contributed by atoms with E-state index in [4.69, 9.17) is 10.5 Å². The molecule has 15 heavy (non-hydrogen) atoms. The third-order valence-electron chi connectivity index (χ3n) is 3.00. The zero-order valence-corrected chi connectivity index (χ0v) is 9.33. The highest BCUT2D eigenvalue weighted by Crippen LogP contribution is 2.29. The van der Waals surface area contributed by atoms with E-state index in [1.807, 2.05) is 0 Å². The van der Waals surface area contributed by atoms with Crippen LogP contribution in [0.5, 0.6) is 5.75 Å². The van der Waals surface area contributed by atoms with Gasteiger partial charge in [0.25, 0.3) is 0 Å². The van der Waals surface area contributed by atoms with Crippen molar-refractivity contribution in [3.63, 3.8) is 0 Å². The Hall–Kier alpha value is -1.02. The molecule has 1 aliphatic rings. The lowest BCUT2D eigenvalue weighted by molar-refractivity contribution is 0.317. The molecule has 0 heterocycles. The van der Waals surface area contributed by atoms with Crippen molar-refractivity contribution in [2.75, 3.05) is 13.2 Å². The molecule has 0 aliphatic heterocycles. The van der Waals surface area contributed by atoms with Crippen LogP contribution in [0.25, 0.3) is 0 Å². The summed E-state index contributed by atoms with van der Waals surface area (Å²) in [5, 5.41) is 0. The molecule has 0 saturated carbocycles. The molecule has 1 atom stereocenters. The van der Waals surface area contributed by atoms with Crippen LogP contribution in [0.15, 0.2) is 18.2 Å². The van der Waals surface area contributed by atoms with Gasteiger partial charge in [0.15, 0.2) is 0 Å². The van der Waals surface area contributed by atoms with Crippen molar-refractivity contribution in [2.45, 2.75) is 26.2 Å². The highest BCUT2D eigenvalue weighted by Gasteiger charge is 2.20. The molecule has 1 unspecified atom stereocenters. The summed E-state index contributed by atoms with van der Waals surface area (Å²) in [6.45, 7) is 3.72. The minimum Gasteiger partial charge on any atom is -0.494 e. The van der Waals surface area contributed by atoms with Crippen molar-refractivity contribution in [1.29, 1.82) is 0 Å². The molecule has 1 aromatic carbocycles. The standard InChI is InChI=1S/C13H19NO/c1-2-5-15-13-4-3-11-6-10(9-14)7-12(11)8-13/h3-4,8,10H,2,5-7,9,14H2,1H3. The maximum absolute atomic E-state index is 5.70. The first-order chi connectivity index (χ1) is 7.33. The van der Waals surface area contributed by atoms with E-state index in [0.717, 1.165) is 38.2 Å². The Morgan fingerprint density at radius 2 is 2.13 bits per heavy atom. The van der Waals surface area contributed by atoms with E-state index in [-0.39, 0.29) is 0 Å². The lowest BCUT2D eigenvalue weighted by atomic mass is 10.1. The summed E-state index contributed by atoms with van der Waals surface area (Å²) in [6.07, 6.45) is 3.32. The molecule has 0 bridgehead atoms. The monoisotopic (exact) mass is 205 g/mol. The maximum Gasteiger partial charge on any atom is 0.119 e. The van der Waals surface area contributed by atoms with E-state index in [1.165, 1.54) is 11.1 Å². The molecule has 1 aliphatic carbocycles. The highest BCUT2D eigenvalue weighted by molar-refractivity contribution is 5.39. The van der Waals surface area contributed by atoms with E-state index >= 15 is 0 Å². The predicted octanol–water partition coefficient (Wildman–Crippen LogP) is 2.15. The first kappa shape index (κ1) is 10.5. The lowest BCUT2D eigenvalue weighted by Crippen LogP contribution is -2.13. The average molecular weight is 205 g/mol. The van der Waals surface area contributed by atoms with E-state index in [0.29, 0.717) is 5.92 Å². The normalized spacial score (nSPS) is 18.9. The van der Waals surface area contributed by atoms with Crippen LogP contribution in [-0.2, 0) is 12.8 Å². The average Bonchev–Trinajstić information content (AvgIpc) is 2.68. The lowest BCUT2D eigenvalue weighted by Gasteiger charge is -2.06. The van der Waals surface area contributed by atoms with Gasteiger partial charge >= 0.3 is 0 Å². The van der Waals surface area contributed by atoms with E-state index in [9.17, 15) is 0 Å². The molecule has 2 rings (SSSR count). The SMILES string of the molecule is CCCOc1ccc2c(c1)CC(CN)C2. The van der Waals surface area contributed by atoms with Crippen molar-refractivity contribution in [3.05, 3.63) is 29.3 Å². The molecule has 82 valence electrons. The minimum atomic E-state index is 0.640. The van der Waals surface area contributed by atoms with Crippen LogP contribution in [0.3, 0.4) is 0 Å². The second kappa shape index (κ2) is 4.67. The smallest absolute Gasteiger partial charge is 0.119 e. The molecule has 0 saturated heterocycles. The molecule has 0 spiro atoms. The summed E-state index contributed by atoms with van der Waals surface area (Å²) in [4.78, 5) is 0. The second-order valence-corrected chi connectivity index (χ2v) is 4.29. The Kier molecular flexibility index (Phi) is 3.27. The van der Waals surface area contributed by atoms with Crippen LogP contribution in [0.4, 0.5) is 0 Å². The number of fused-ring (bicyclic) bond motifs is 1. The number of hydrogen-bond acceptors (Lipinski definition) is 2. The Bertz CT molecular complexity index is 335. The van der Waals surface area contributed by atoms with Crippen molar-refractivity contribution in [3.8, 4) is 5.75 Å². The molecule has 0 aromatic heterocycles. The maximum atomic E-state index is 5.70. The quantitative estimate of drug-likeness (QED) is 0.817. The van der Waals surface area contributed by atoms with E-state index in [2.05, 4.69) is 25.1 Å². The number of nitrogens with two attached hydrogens (primary N) is 1. The Morgan fingerprint density at radius 3 is 2.87 bits per heavy atom. The molecular formula is C13H19NO. The summed E-state index contributed by atoms with van der Waals surface area (Å²) >= 11 is 0. The van der Waals surface area contributed by atoms with Gasteiger partial charge < -0.3 is 10.5 Å². The van der Waals surface area contributed by atoms with Crippen LogP contribution in [0.2, 0.25) is 0 Å². The summed E-state index contributed by atoms with van der Waals surface area (Å²) in [7, 11) is 0. The van der Waals surface area contributed by atoms with Gasteiger partial charge in [-0.25, -0.2) is 0 Å². The molecule has 2 N–H and O–H groups in total. The third-order valence-corrected chi connectivity index (χ3v) is 3.00. The van der Waals surface area contributed by atoms with Gasteiger partial charge in [-0.15, -0.1) is 0 Å². The van der Waals surface area contributed by atoms with Crippen molar-refractivity contribution in [1.82, 2.24) is 0 Å². The van der Waals surface area contributed by atoms with Gasteiger partial charge in [-0.3, -0.25) is 0 Å². The summed E-state index contributed by atoms with van der Waals surface area (Å²) in [5.74, 6) is 1.65. The predicted molar refractivity (Wildman–Crippen MR) is 62.2 cm³/mol. The summed E-state index contributed by atoms with van der Waals surface area (Å²) in [5.41, 5.74) is 8.58. The van der Waals surface area contributed by atoms with Gasteiger partial charge in [-0.05, 0) is 55.0 Å². The van der Waals surface area contributed by atoms with Crippen molar-refractivity contribution in [2.24, 2.45) is 11.7 Å². The third kappa shape index (κ3) is 2.32.